The van der Waals surface area contributed by atoms with Gasteiger partial charge in [0.1, 0.15) is 12.4 Å². The van der Waals surface area contributed by atoms with E-state index in [1.165, 1.54) is 0 Å². The molecule has 1 rings (SSSR count). The minimum Gasteiger partial charge on any atom is -0.491 e. The first kappa shape index (κ1) is 11.2. The normalized spacial score (nSPS) is 11.4. The molecule has 78 valence electrons. The number of ether oxygens (including phenoxy) is 1. The summed E-state index contributed by atoms with van der Waals surface area (Å²) in [6.07, 6.45) is 0. The molecule has 0 aliphatic rings. The Kier molecular flexibility index (Phi) is 4.05. The van der Waals surface area contributed by atoms with Gasteiger partial charge in [-0.15, -0.1) is 0 Å². The van der Waals surface area contributed by atoms with Gasteiger partial charge in [-0.05, 0) is 12.1 Å². The largest absolute Gasteiger partial charge is 0.671 e. The summed E-state index contributed by atoms with van der Waals surface area (Å²) < 4.78 is 9.50. The number of rotatable bonds is 5. The van der Waals surface area contributed by atoms with Crippen molar-refractivity contribution in [3.63, 3.8) is 0 Å². The summed E-state index contributed by atoms with van der Waals surface area (Å²) in [7, 11) is -4.38. The number of hydrogen-bond donors (Lipinski definition) is 3. The SMILES string of the molecule is O[Si](O)(O)OCCOc1ccccc1. The van der Waals surface area contributed by atoms with Crippen molar-refractivity contribution in [2.75, 3.05) is 13.2 Å². The van der Waals surface area contributed by atoms with Crippen molar-refractivity contribution >= 4 is 9.05 Å². The monoisotopic (exact) mass is 216 g/mol. The minimum atomic E-state index is -4.38. The molecular formula is C8H12O5Si. The van der Waals surface area contributed by atoms with Gasteiger partial charge in [0.05, 0.1) is 6.61 Å². The summed E-state index contributed by atoms with van der Waals surface area (Å²) in [5, 5.41) is 0. The van der Waals surface area contributed by atoms with Crippen LogP contribution in [0.25, 0.3) is 0 Å². The van der Waals surface area contributed by atoms with Crippen LogP contribution in [0.15, 0.2) is 30.3 Å². The van der Waals surface area contributed by atoms with Crippen molar-refractivity contribution in [2.24, 2.45) is 0 Å². The fraction of sp³-hybridized carbons (Fsp3) is 0.250. The molecular weight excluding hydrogens is 204 g/mol. The van der Waals surface area contributed by atoms with Crippen LogP contribution in [0.4, 0.5) is 0 Å². The lowest BCUT2D eigenvalue weighted by atomic mass is 10.3. The molecule has 0 unspecified atom stereocenters. The first-order chi connectivity index (χ1) is 6.58. The van der Waals surface area contributed by atoms with E-state index in [-0.39, 0.29) is 13.2 Å². The zero-order chi connectivity index (χ0) is 10.4. The molecule has 0 spiro atoms. The van der Waals surface area contributed by atoms with E-state index in [1.54, 1.807) is 12.1 Å². The Morgan fingerprint density at radius 3 is 2.21 bits per heavy atom. The molecule has 5 nitrogen and oxygen atoms in total. The van der Waals surface area contributed by atoms with Gasteiger partial charge in [0, 0.05) is 0 Å². The maximum Gasteiger partial charge on any atom is 0.671 e. The lowest BCUT2D eigenvalue weighted by Gasteiger charge is -2.10. The van der Waals surface area contributed by atoms with Gasteiger partial charge >= 0.3 is 9.05 Å². The Labute approximate surface area is 82.6 Å². The summed E-state index contributed by atoms with van der Waals surface area (Å²) in [5.74, 6) is 0.664. The van der Waals surface area contributed by atoms with E-state index >= 15 is 0 Å². The molecule has 14 heavy (non-hydrogen) atoms. The second kappa shape index (κ2) is 5.08. The van der Waals surface area contributed by atoms with Crippen molar-refractivity contribution in [3.8, 4) is 5.75 Å². The highest BCUT2D eigenvalue weighted by atomic mass is 28.4. The van der Waals surface area contributed by atoms with Gasteiger partial charge in [-0.25, -0.2) is 0 Å². The van der Waals surface area contributed by atoms with Gasteiger partial charge in [0.25, 0.3) is 0 Å². The summed E-state index contributed by atoms with van der Waals surface area (Å²) in [6.45, 7) is 0.0884. The molecule has 3 N–H and O–H groups in total. The first-order valence-corrected chi connectivity index (χ1v) is 5.82. The third-order valence-corrected chi connectivity index (χ3v) is 1.98. The number of para-hydroxylation sites is 1. The minimum absolute atomic E-state index is 0.0649. The first-order valence-electron chi connectivity index (χ1n) is 4.07. The van der Waals surface area contributed by atoms with E-state index in [0.717, 1.165) is 0 Å². The highest BCUT2D eigenvalue weighted by molar-refractivity contribution is 6.48. The molecule has 0 saturated heterocycles. The quantitative estimate of drug-likeness (QED) is 0.456. The number of hydrogen-bond acceptors (Lipinski definition) is 5. The van der Waals surface area contributed by atoms with Crippen LogP contribution in [0.5, 0.6) is 5.75 Å². The van der Waals surface area contributed by atoms with E-state index < -0.39 is 9.05 Å². The molecule has 1 aromatic rings. The standard InChI is InChI=1S/C8H12O5Si/c9-14(10,11)13-7-6-12-8-4-2-1-3-5-8/h1-5,9-11H,6-7H2. The van der Waals surface area contributed by atoms with Crippen LogP contribution >= 0.6 is 0 Å². The predicted octanol–water partition coefficient (Wildman–Crippen LogP) is -0.506. The lowest BCUT2D eigenvalue weighted by Crippen LogP contribution is -2.40. The van der Waals surface area contributed by atoms with Crippen molar-refractivity contribution < 1.29 is 23.5 Å². The number of benzene rings is 1. The van der Waals surface area contributed by atoms with Gasteiger partial charge in [0.15, 0.2) is 0 Å². The van der Waals surface area contributed by atoms with Crippen LogP contribution in [0, 0.1) is 0 Å². The molecule has 0 aromatic heterocycles. The van der Waals surface area contributed by atoms with Crippen LogP contribution in [-0.4, -0.2) is 36.6 Å². The van der Waals surface area contributed by atoms with Crippen molar-refractivity contribution in [1.29, 1.82) is 0 Å². The molecule has 1 aromatic carbocycles. The molecule has 0 atom stereocenters. The second-order valence-electron chi connectivity index (χ2n) is 2.58. The Morgan fingerprint density at radius 2 is 1.64 bits per heavy atom. The third kappa shape index (κ3) is 4.95. The van der Waals surface area contributed by atoms with Gasteiger partial charge in [-0.3, -0.25) is 0 Å². The Hall–Kier alpha value is -0.923. The smallest absolute Gasteiger partial charge is 0.491 e. The average molecular weight is 216 g/mol. The van der Waals surface area contributed by atoms with E-state index in [2.05, 4.69) is 4.43 Å². The van der Waals surface area contributed by atoms with Crippen molar-refractivity contribution in [3.05, 3.63) is 30.3 Å². The summed E-state index contributed by atoms with van der Waals surface area (Å²) >= 11 is 0. The van der Waals surface area contributed by atoms with Gasteiger partial charge in [-0.1, -0.05) is 18.2 Å². The third-order valence-electron chi connectivity index (χ3n) is 1.39. The molecule has 0 radical (unpaired) electrons. The van der Waals surface area contributed by atoms with Crippen molar-refractivity contribution in [1.82, 2.24) is 0 Å². The van der Waals surface area contributed by atoms with E-state index in [0.29, 0.717) is 5.75 Å². The lowest BCUT2D eigenvalue weighted by molar-refractivity contribution is 0.0510. The van der Waals surface area contributed by atoms with Gasteiger partial charge < -0.3 is 23.5 Å². The van der Waals surface area contributed by atoms with Crippen LogP contribution in [0.3, 0.4) is 0 Å². The fourth-order valence-corrected chi connectivity index (χ4v) is 1.21. The summed E-state index contributed by atoms with van der Waals surface area (Å²) in [5.41, 5.74) is 0. The van der Waals surface area contributed by atoms with Crippen LogP contribution in [0.1, 0.15) is 0 Å². The zero-order valence-electron chi connectivity index (χ0n) is 7.46. The zero-order valence-corrected chi connectivity index (χ0v) is 8.46. The molecule has 0 bridgehead atoms. The van der Waals surface area contributed by atoms with Crippen LogP contribution < -0.4 is 4.74 Å². The van der Waals surface area contributed by atoms with E-state index in [1.807, 2.05) is 18.2 Å². The second-order valence-corrected chi connectivity index (χ2v) is 4.02. The molecule has 0 saturated carbocycles. The molecule has 0 aliphatic carbocycles. The van der Waals surface area contributed by atoms with E-state index in [9.17, 15) is 0 Å². The molecule has 0 heterocycles. The molecule has 0 fully saturated rings. The molecule has 6 heteroatoms. The van der Waals surface area contributed by atoms with Crippen molar-refractivity contribution in [2.45, 2.75) is 0 Å². The highest BCUT2D eigenvalue weighted by Gasteiger charge is 2.30. The van der Waals surface area contributed by atoms with Gasteiger partial charge in [-0.2, -0.15) is 0 Å². The predicted molar refractivity (Wildman–Crippen MR) is 50.3 cm³/mol. The maximum atomic E-state index is 8.49. The summed E-state index contributed by atoms with van der Waals surface area (Å²) in [6, 6.07) is 9.03. The Morgan fingerprint density at radius 1 is 1.00 bits per heavy atom. The Balaban J connectivity index is 2.17. The topological polar surface area (TPSA) is 79.2 Å². The van der Waals surface area contributed by atoms with Crippen LogP contribution in [0.2, 0.25) is 0 Å². The van der Waals surface area contributed by atoms with Gasteiger partial charge in [0.2, 0.25) is 0 Å². The van der Waals surface area contributed by atoms with Crippen LogP contribution in [-0.2, 0) is 4.43 Å². The Bertz CT molecular complexity index is 258. The molecule has 0 aliphatic heterocycles. The molecule has 0 amide bonds. The maximum absolute atomic E-state index is 8.49. The fourth-order valence-electron chi connectivity index (χ4n) is 0.855. The summed E-state index contributed by atoms with van der Waals surface area (Å²) in [4.78, 5) is 25.5. The van der Waals surface area contributed by atoms with E-state index in [4.69, 9.17) is 19.1 Å². The average Bonchev–Trinajstić information content (AvgIpc) is 2.13. The highest BCUT2D eigenvalue weighted by Crippen LogP contribution is 2.07.